The number of anilines is 1. The molecule has 0 saturated carbocycles. The third kappa shape index (κ3) is 1.32. The van der Waals surface area contributed by atoms with Crippen LogP contribution in [0.2, 0.25) is 0 Å². The molecule has 5 heteroatoms. The second-order valence-corrected chi connectivity index (χ2v) is 2.73. The van der Waals surface area contributed by atoms with E-state index in [1.165, 1.54) is 6.20 Å². The number of halogens is 2. The molecule has 2 aromatic rings. The summed E-state index contributed by atoms with van der Waals surface area (Å²) in [6.07, 6.45) is 1.24. The third-order valence-corrected chi connectivity index (χ3v) is 1.77. The van der Waals surface area contributed by atoms with Crippen molar-refractivity contribution in [3.8, 4) is 11.3 Å². The summed E-state index contributed by atoms with van der Waals surface area (Å²) in [6.45, 7) is 0. The molecule has 14 heavy (non-hydrogen) atoms. The molecule has 2 N–H and O–H groups in total. The molecule has 0 aliphatic heterocycles. The molecule has 0 radical (unpaired) electrons. The summed E-state index contributed by atoms with van der Waals surface area (Å²) < 4.78 is 30.7. The average Bonchev–Trinajstić information content (AvgIpc) is 2.56. The molecule has 0 aliphatic carbocycles. The first-order valence-corrected chi connectivity index (χ1v) is 3.84. The lowest BCUT2D eigenvalue weighted by atomic mass is 10.1. The smallest absolute Gasteiger partial charge is 0.192 e. The van der Waals surface area contributed by atoms with Gasteiger partial charge < -0.3 is 10.3 Å². The van der Waals surface area contributed by atoms with E-state index in [1.807, 2.05) is 0 Å². The largest absolute Gasteiger partial charge is 0.394 e. The minimum Gasteiger partial charge on any atom is -0.394 e. The van der Waals surface area contributed by atoms with Crippen LogP contribution in [0.3, 0.4) is 0 Å². The Hall–Kier alpha value is -1.91. The highest BCUT2D eigenvalue weighted by Gasteiger charge is 2.13. The molecule has 0 atom stereocenters. The van der Waals surface area contributed by atoms with Crippen molar-refractivity contribution in [2.75, 3.05) is 5.73 Å². The molecule has 0 unspecified atom stereocenters. The van der Waals surface area contributed by atoms with E-state index >= 15 is 0 Å². The summed E-state index contributed by atoms with van der Waals surface area (Å²) in [7, 11) is 0. The van der Waals surface area contributed by atoms with Crippen molar-refractivity contribution in [3.05, 3.63) is 36.0 Å². The van der Waals surface area contributed by atoms with Gasteiger partial charge in [-0.05, 0) is 18.2 Å². The number of rotatable bonds is 1. The van der Waals surface area contributed by atoms with Crippen molar-refractivity contribution in [2.24, 2.45) is 0 Å². The van der Waals surface area contributed by atoms with E-state index in [-0.39, 0.29) is 17.0 Å². The summed E-state index contributed by atoms with van der Waals surface area (Å²) in [5, 5.41) is 3.38. The van der Waals surface area contributed by atoms with E-state index in [0.29, 0.717) is 0 Å². The first kappa shape index (κ1) is 8.68. The van der Waals surface area contributed by atoms with Crippen molar-refractivity contribution in [3.63, 3.8) is 0 Å². The van der Waals surface area contributed by atoms with Crippen molar-refractivity contribution < 1.29 is 13.3 Å². The van der Waals surface area contributed by atoms with Gasteiger partial charge in [-0.15, -0.1) is 0 Å². The Kier molecular flexibility index (Phi) is 1.92. The minimum atomic E-state index is -0.602. The van der Waals surface area contributed by atoms with Crippen LogP contribution in [-0.4, -0.2) is 5.16 Å². The van der Waals surface area contributed by atoms with Gasteiger partial charge in [0.15, 0.2) is 5.76 Å². The van der Waals surface area contributed by atoms with Crippen molar-refractivity contribution in [1.82, 2.24) is 5.16 Å². The lowest BCUT2D eigenvalue weighted by Crippen LogP contribution is -1.89. The normalized spacial score (nSPS) is 10.4. The molecular formula is C9H6F2N2O. The zero-order valence-electron chi connectivity index (χ0n) is 7.00. The molecule has 0 fully saturated rings. The highest BCUT2D eigenvalue weighted by molar-refractivity contribution is 5.70. The van der Waals surface area contributed by atoms with Gasteiger partial charge in [-0.3, -0.25) is 0 Å². The number of benzene rings is 1. The van der Waals surface area contributed by atoms with Gasteiger partial charge in [-0.2, -0.15) is 0 Å². The topological polar surface area (TPSA) is 52.0 Å². The molecule has 0 bridgehead atoms. The van der Waals surface area contributed by atoms with Gasteiger partial charge in [0.2, 0.25) is 0 Å². The van der Waals surface area contributed by atoms with Gasteiger partial charge in [-0.25, -0.2) is 8.78 Å². The zero-order chi connectivity index (χ0) is 10.1. The van der Waals surface area contributed by atoms with Gasteiger partial charge in [0.25, 0.3) is 0 Å². The summed E-state index contributed by atoms with van der Waals surface area (Å²) in [6, 6.07) is 3.03. The fraction of sp³-hybridized carbons (Fsp3) is 0. The van der Waals surface area contributed by atoms with Crippen molar-refractivity contribution in [2.45, 2.75) is 0 Å². The standard InChI is InChI=1S/C9H6F2N2O/c10-5-1-2-7(11)6(3-5)9-8(12)4-13-14-9/h1-4H,12H2. The van der Waals surface area contributed by atoms with Gasteiger partial charge in [-0.1, -0.05) is 5.16 Å². The maximum atomic E-state index is 13.2. The molecule has 1 aromatic carbocycles. The maximum absolute atomic E-state index is 13.2. The number of nitrogen functional groups attached to an aromatic ring is 1. The summed E-state index contributed by atoms with van der Waals surface area (Å²) >= 11 is 0. The number of nitrogens with two attached hydrogens (primary N) is 1. The molecule has 2 rings (SSSR count). The first-order chi connectivity index (χ1) is 6.68. The van der Waals surface area contributed by atoms with E-state index in [2.05, 4.69) is 5.16 Å². The Balaban J connectivity index is 2.62. The summed E-state index contributed by atoms with van der Waals surface area (Å²) in [5.74, 6) is -1.12. The number of hydrogen-bond donors (Lipinski definition) is 1. The van der Waals surface area contributed by atoms with Crippen LogP contribution in [0, 0.1) is 11.6 Å². The Labute approximate surface area is 78.1 Å². The predicted octanol–water partition coefficient (Wildman–Crippen LogP) is 2.20. The van der Waals surface area contributed by atoms with E-state index in [9.17, 15) is 8.78 Å². The van der Waals surface area contributed by atoms with Crippen LogP contribution in [0.25, 0.3) is 11.3 Å². The van der Waals surface area contributed by atoms with Crippen LogP contribution in [0.4, 0.5) is 14.5 Å². The SMILES string of the molecule is Nc1cnoc1-c1cc(F)ccc1F. The predicted molar refractivity (Wildman–Crippen MR) is 46.3 cm³/mol. The summed E-state index contributed by atoms with van der Waals surface area (Å²) in [5.41, 5.74) is 5.59. The van der Waals surface area contributed by atoms with Crippen LogP contribution in [0.1, 0.15) is 0 Å². The molecule has 3 nitrogen and oxygen atoms in total. The number of nitrogens with zero attached hydrogens (tertiary/aromatic N) is 1. The third-order valence-electron chi connectivity index (χ3n) is 1.77. The second kappa shape index (κ2) is 3.10. The van der Waals surface area contributed by atoms with Gasteiger partial charge in [0, 0.05) is 0 Å². The molecule has 0 amide bonds. The van der Waals surface area contributed by atoms with Crippen LogP contribution in [0.15, 0.2) is 28.9 Å². The summed E-state index contributed by atoms with van der Waals surface area (Å²) in [4.78, 5) is 0. The Bertz CT molecular complexity index is 468. The Morgan fingerprint density at radius 3 is 2.71 bits per heavy atom. The van der Waals surface area contributed by atoms with E-state index in [4.69, 9.17) is 10.3 Å². The average molecular weight is 196 g/mol. The van der Waals surface area contributed by atoms with Gasteiger partial charge in [0.1, 0.15) is 17.3 Å². The number of hydrogen-bond acceptors (Lipinski definition) is 3. The van der Waals surface area contributed by atoms with Crippen LogP contribution in [-0.2, 0) is 0 Å². The fourth-order valence-corrected chi connectivity index (χ4v) is 1.12. The highest BCUT2D eigenvalue weighted by Crippen LogP contribution is 2.28. The van der Waals surface area contributed by atoms with Crippen LogP contribution >= 0.6 is 0 Å². The molecule has 0 aliphatic rings. The molecule has 0 spiro atoms. The second-order valence-electron chi connectivity index (χ2n) is 2.73. The molecule has 0 saturated heterocycles. The lowest BCUT2D eigenvalue weighted by Gasteiger charge is -1.99. The van der Waals surface area contributed by atoms with E-state index < -0.39 is 11.6 Å². The Morgan fingerprint density at radius 1 is 1.29 bits per heavy atom. The monoisotopic (exact) mass is 196 g/mol. The van der Waals surface area contributed by atoms with Crippen LogP contribution < -0.4 is 5.73 Å². The zero-order valence-corrected chi connectivity index (χ0v) is 7.00. The van der Waals surface area contributed by atoms with Crippen molar-refractivity contribution in [1.29, 1.82) is 0 Å². The van der Waals surface area contributed by atoms with E-state index in [1.54, 1.807) is 0 Å². The van der Waals surface area contributed by atoms with Crippen LogP contribution in [0.5, 0.6) is 0 Å². The molecular weight excluding hydrogens is 190 g/mol. The van der Waals surface area contributed by atoms with Gasteiger partial charge in [0.05, 0.1) is 11.8 Å². The highest BCUT2D eigenvalue weighted by atomic mass is 19.1. The quantitative estimate of drug-likeness (QED) is 0.760. The number of aromatic nitrogens is 1. The fourth-order valence-electron chi connectivity index (χ4n) is 1.12. The van der Waals surface area contributed by atoms with Gasteiger partial charge >= 0.3 is 0 Å². The minimum absolute atomic E-state index is 0.0278. The molecule has 1 heterocycles. The lowest BCUT2D eigenvalue weighted by molar-refractivity contribution is 0.429. The van der Waals surface area contributed by atoms with Crippen molar-refractivity contribution >= 4 is 5.69 Å². The Morgan fingerprint density at radius 2 is 2.07 bits per heavy atom. The first-order valence-electron chi connectivity index (χ1n) is 3.84. The molecule has 1 aromatic heterocycles. The van der Waals surface area contributed by atoms with E-state index in [0.717, 1.165) is 18.2 Å². The maximum Gasteiger partial charge on any atom is 0.192 e. The molecule has 72 valence electrons.